The first kappa shape index (κ1) is 20.7. The molecule has 0 spiro atoms. The van der Waals surface area contributed by atoms with Gasteiger partial charge in [0, 0.05) is 18.3 Å². The van der Waals surface area contributed by atoms with E-state index in [0.29, 0.717) is 36.0 Å². The van der Waals surface area contributed by atoms with Crippen molar-refractivity contribution < 1.29 is 18.7 Å². The molecule has 0 aromatic carbocycles. The lowest BCUT2D eigenvalue weighted by atomic mass is 9.49. The fourth-order valence-electron chi connectivity index (χ4n) is 8.40. The summed E-state index contributed by atoms with van der Waals surface area (Å²) in [4.78, 5) is 13.2. The largest absolute Gasteiger partial charge is 0.384 e. The summed E-state index contributed by atoms with van der Waals surface area (Å²) in [5.41, 5.74) is -1.67. The molecule has 1 aromatic heterocycles. The zero-order chi connectivity index (χ0) is 21.1. The van der Waals surface area contributed by atoms with Crippen molar-refractivity contribution >= 4 is 5.78 Å². The summed E-state index contributed by atoms with van der Waals surface area (Å²) in [5, 5.41) is 10.4. The van der Waals surface area contributed by atoms with Crippen molar-refractivity contribution in [1.82, 2.24) is 4.57 Å². The zero-order valence-electron chi connectivity index (χ0n) is 18.0. The molecule has 0 radical (unpaired) electrons. The normalized spacial score (nSPS) is 45.6. The van der Waals surface area contributed by atoms with E-state index in [1.807, 2.05) is 29.1 Å². The van der Waals surface area contributed by atoms with Gasteiger partial charge in [0.25, 0.3) is 6.43 Å². The van der Waals surface area contributed by atoms with E-state index in [9.17, 15) is 18.7 Å². The van der Waals surface area contributed by atoms with Gasteiger partial charge in [0.1, 0.15) is 5.60 Å². The zero-order valence-corrected chi connectivity index (χ0v) is 18.0. The Morgan fingerprint density at radius 1 is 1.03 bits per heavy atom. The predicted octanol–water partition coefficient (Wildman–Crippen LogP) is 5.32. The molecule has 0 aliphatic heterocycles. The van der Waals surface area contributed by atoms with Crippen LogP contribution in [0.3, 0.4) is 0 Å². The number of nitrogens with zero attached hydrogens (tertiary/aromatic N) is 1. The van der Waals surface area contributed by atoms with Gasteiger partial charge in [-0.1, -0.05) is 6.92 Å². The summed E-state index contributed by atoms with van der Waals surface area (Å²) in [7, 11) is 0. The molecule has 3 nitrogen and oxygen atoms in total. The van der Waals surface area contributed by atoms with Crippen molar-refractivity contribution in [2.75, 3.05) is 0 Å². The number of halogens is 2. The summed E-state index contributed by atoms with van der Waals surface area (Å²) in [5.74, 6) is 3.08. The van der Waals surface area contributed by atoms with Crippen molar-refractivity contribution in [3.05, 3.63) is 24.5 Å². The molecule has 4 saturated carbocycles. The van der Waals surface area contributed by atoms with Gasteiger partial charge in [-0.2, -0.15) is 0 Å². The van der Waals surface area contributed by atoms with E-state index in [4.69, 9.17) is 0 Å². The Labute approximate surface area is 178 Å². The molecule has 0 unspecified atom stereocenters. The first-order valence-corrected chi connectivity index (χ1v) is 12.0. The average Bonchev–Trinajstić information content (AvgIpc) is 3.34. The third-order valence-electron chi connectivity index (χ3n) is 9.84. The molecule has 0 saturated heterocycles. The third kappa shape index (κ3) is 3.18. The highest BCUT2D eigenvalue weighted by Gasteiger charge is 2.59. The highest BCUT2D eigenvalue weighted by Crippen LogP contribution is 2.64. The van der Waals surface area contributed by atoms with Crippen LogP contribution in [0, 0.1) is 40.9 Å². The minimum atomic E-state index is -2.63. The van der Waals surface area contributed by atoms with Crippen molar-refractivity contribution in [3.63, 3.8) is 0 Å². The van der Waals surface area contributed by atoms with Crippen molar-refractivity contribution in [1.29, 1.82) is 0 Å². The van der Waals surface area contributed by atoms with E-state index in [1.165, 1.54) is 0 Å². The van der Waals surface area contributed by atoms with Crippen LogP contribution in [0.4, 0.5) is 8.78 Å². The molecule has 1 aromatic rings. The number of alkyl halides is 2. The lowest BCUT2D eigenvalue weighted by Crippen LogP contribution is -2.53. The second kappa shape index (κ2) is 7.43. The van der Waals surface area contributed by atoms with E-state index < -0.39 is 12.0 Å². The number of fused-ring (bicyclic) bond motifs is 5. The van der Waals surface area contributed by atoms with Gasteiger partial charge >= 0.3 is 0 Å². The Kier molecular flexibility index (Phi) is 5.11. The monoisotopic (exact) mass is 419 g/mol. The molecule has 1 heterocycles. The third-order valence-corrected chi connectivity index (χ3v) is 9.84. The van der Waals surface area contributed by atoms with Crippen LogP contribution in [-0.2, 0) is 11.3 Å². The molecule has 8 atom stereocenters. The summed E-state index contributed by atoms with van der Waals surface area (Å²) >= 11 is 0. The molecular weight excluding hydrogens is 384 g/mol. The van der Waals surface area contributed by atoms with E-state index in [0.717, 1.165) is 44.9 Å². The smallest absolute Gasteiger partial charge is 0.266 e. The van der Waals surface area contributed by atoms with Gasteiger partial charge in [-0.25, -0.2) is 8.78 Å². The molecule has 30 heavy (non-hydrogen) atoms. The number of Topliss-reactive ketones (excluding diaryl/α,β-unsaturated/α-hetero) is 1. The summed E-state index contributed by atoms with van der Waals surface area (Å²) in [6.07, 6.45) is 8.97. The number of aliphatic hydroxyl groups is 1. The Bertz CT molecular complexity index is 780. The minimum absolute atomic E-state index is 0.0939. The van der Waals surface area contributed by atoms with Crippen LogP contribution in [0.5, 0.6) is 0 Å². The fourth-order valence-corrected chi connectivity index (χ4v) is 8.40. The predicted molar refractivity (Wildman–Crippen MR) is 111 cm³/mol. The summed E-state index contributed by atoms with van der Waals surface area (Å²) in [6, 6.07) is 3.94. The van der Waals surface area contributed by atoms with E-state index in [1.54, 1.807) is 0 Å². The molecule has 1 N–H and O–H groups in total. The van der Waals surface area contributed by atoms with Gasteiger partial charge in [0.15, 0.2) is 5.78 Å². The van der Waals surface area contributed by atoms with Crippen LogP contribution in [-0.4, -0.2) is 27.5 Å². The Morgan fingerprint density at radius 2 is 1.77 bits per heavy atom. The number of ketones is 1. The molecule has 0 bridgehead atoms. The quantitative estimate of drug-likeness (QED) is 0.717. The molecule has 0 amide bonds. The lowest BCUT2D eigenvalue weighted by Gasteiger charge is -2.57. The van der Waals surface area contributed by atoms with Gasteiger partial charge in [-0.3, -0.25) is 4.79 Å². The highest BCUT2D eigenvalue weighted by molar-refractivity contribution is 5.82. The number of hydrogen-bond donors (Lipinski definition) is 1. The molecule has 166 valence electrons. The molecule has 4 fully saturated rings. The van der Waals surface area contributed by atoms with Crippen LogP contribution >= 0.6 is 0 Å². The minimum Gasteiger partial charge on any atom is -0.384 e. The summed E-state index contributed by atoms with van der Waals surface area (Å²) in [6.45, 7) is 2.84. The second-order valence-corrected chi connectivity index (χ2v) is 11.1. The molecule has 5 rings (SSSR count). The second-order valence-electron chi connectivity index (χ2n) is 11.1. The SMILES string of the molecule is C[C@]12CC[C@H]3[C@@H](CC[C@@H]4C[C@@](O)(C(F)F)CC[C@@H]43)[C@@H]1CC[C@@H]2C(=O)Cn1cccc1. The highest BCUT2D eigenvalue weighted by atomic mass is 19.3. The average molecular weight is 420 g/mol. The standard InChI is InChI=1S/C25H35F2NO2/c1-24-10-8-18-17-9-11-25(30,23(26)27)14-16(17)4-5-19(18)20(24)6-7-21(24)22(29)15-28-12-2-3-13-28/h2-3,12-13,16-21,23,30H,4-11,14-15H2,1H3/t16-,17+,18-,19-,20+,21-,24+,25-/m1/s1. The van der Waals surface area contributed by atoms with Gasteiger partial charge < -0.3 is 9.67 Å². The van der Waals surface area contributed by atoms with Crippen molar-refractivity contribution in [3.8, 4) is 0 Å². The topological polar surface area (TPSA) is 42.2 Å². The van der Waals surface area contributed by atoms with Crippen molar-refractivity contribution in [2.45, 2.75) is 83.3 Å². The van der Waals surface area contributed by atoms with Crippen LogP contribution in [0.1, 0.15) is 64.7 Å². The van der Waals surface area contributed by atoms with Crippen LogP contribution in [0.2, 0.25) is 0 Å². The molecule has 4 aliphatic rings. The molecule has 5 heteroatoms. The Balaban J connectivity index is 1.30. The fraction of sp³-hybridized carbons (Fsp3) is 0.800. The van der Waals surface area contributed by atoms with Crippen molar-refractivity contribution in [2.24, 2.45) is 40.9 Å². The number of hydrogen-bond acceptors (Lipinski definition) is 2. The molecule has 4 aliphatic carbocycles. The lowest BCUT2D eigenvalue weighted by molar-refractivity contribution is -0.160. The van der Waals surface area contributed by atoms with E-state index in [2.05, 4.69) is 6.92 Å². The molecular formula is C25H35F2NO2. The maximum absolute atomic E-state index is 13.4. The van der Waals surface area contributed by atoms with Crippen LogP contribution < -0.4 is 0 Å². The first-order chi connectivity index (χ1) is 14.3. The van der Waals surface area contributed by atoms with Gasteiger partial charge in [0.2, 0.25) is 0 Å². The Hall–Kier alpha value is -1.23. The number of aromatic nitrogens is 1. The van der Waals surface area contributed by atoms with Gasteiger partial charge in [-0.05, 0) is 105 Å². The van der Waals surface area contributed by atoms with E-state index in [-0.39, 0.29) is 30.1 Å². The Morgan fingerprint density at radius 3 is 2.50 bits per heavy atom. The summed E-state index contributed by atoms with van der Waals surface area (Å²) < 4.78 is 28.8. The van der Waals surface area contributed by atoms with Gasteiger partial charge in [-0.15, -0.1) is 0 Å². The first-order valence-electron chi connectivity index (χ1n) is 12.0. The maximum atomic E-state index is 13.4. The van der Waals surface area contributed by atoms with E-state index >= 15 is 0 Å². The van der Waals surface area contributed by atoms with Gasteiger partial charge in [0.05, 0.1) is 6.54 Å². The number of carbonyl (C=O) groups excluding carboxylic acids is 1. The van der Waals surface area contributed by atoms with Crippen LogP contribution in [0.15, 0.2) is 24.5 Å². The number of rotatable bonds is 4. The van der Waals surface area contributed by atoms with Crippen LogP contribution in [0.25, 0.3) is 0 Å². The maximum Gasteiger partial charge on any atom is 0.266 e. The number of carbonyl (C=O) groups is 1.